The molecule has 0 atom stereocenters. The molecule has 0 saturated carbocycles. The molecule has 6 nitrogen and oxygen atoms in total. The highest BCUT2D eigenvalue weighted by Gasteiger charge is 2.48. The van der Waals surface area contributed by atoms with Gasteiger partial charge in [-0.25, -0.2) is 0 Å². The summed E-state index contributed by atoms with van der Waals surface area (Å²) in [5, 5.41) is 7.54. The molecule has 24 aromatic carbocycles. The third-order valence-electron chi connectivity index (χ3n) is 31.6. The fourth-order valence-electron chi connectivity index (χ4n) is 25.4. The molecule has 0 fully saturated rings. The van der Waals surface area contributed by atoms with Crippen molar-refractivity contribution in [3.63, 3.8) is 0 Å². The van der Waals surface area contributed by atoms with Gasteiger partial charge in [0.1, 0.15) is 0 Å². The lowest BCUT2D eigenvalue weighted by Crippen LogP contribution is -2.61. The Balaban J connectivity index is 0.560. The van der Waals surface area contributed by atoms with Crippen molar-refractivity contribution >= 4 is 204 Å². The summed E-state index contributed by atoms with van der Waals surface area (Å²) in [5.74, 6) is 0. The zero-order chi connectivity index (χ0) is 96.4. The predicted molar refractivity (Wildman–Crippen MR) is 625 cm³/mol. The first-order valence-electron chi connectivity index (χ1n) is 51.1. The Kier molecular flexibility index (Phi) is 19.3. The van der Waals surface area contributed by atoms with Crippen LogP contribution in [0.3, 0.4) is 0 Å². The average Bonchev–Trinajstić information content (AvgIpc) is 0.704. The monoisotopic (exact) mass is 1860 g/mol. The van der Waals surface area contributed by atoms with E-state index in [1.165, 1.54) is 104 Å². The standard InChI is InChI=1S/C138H89B3N6/c1-8-38-90(39-9-1)98-78-99(80-103(79-98)111-57-23-22-56-110(111)97-72-75-129-123(83-97)141-121-65-31-35-69-127(121)144(106-48-14-4-15-49-106)132-86-101(87-133(137(132)141)147(129)109-54-20-7-21-55-109)95-70-73-116-114-60-25-24-58-112(114)113-59-26-27-61-115(113)117(116)81-95)102-88-134-138-135(89-102)146(108-52-18-6-19-53-108)128-74-71-96(82-122(128)140(138)120-64-30-34-68-126(120)145(134)107-50-16-5-17-51-107)93-42-36-40-91(76-93)92-41-37-43-94(77-92)100-84-130-136-131(85-100)143(105-46-12-3-13-47-105)125-67-33-29-63-119(125)139(136)118-62-28-32-66-124(118)142(130)104-44-10-2-11-45-104/h1-89H. The fourth-order valence-corrected chi connectivity index (χ4v) is 25.4. The second-order valence-electron chi connectivity index (χ2n) is 39.6. The van der Waals surface area contributed by atoms with Crippen molar-refractivity contribution < 1.29 is 0 Å². The molecule has 30 rings (SSSR count). The highest BCUT2D eigenvalue weighted by atomic mass is 15.2. The molecule has 0 saturated heterocycles. The van der Waals surface area contributed by atoms with Gasteiger partial charge < -0.3 is 29.4 Å². The van der Waals surface area contributed by atoms with Gasteiger partial charge in [0.05, 0.1) is 0 Å². The van der Waals surface area contributed by atoms with Crippen LogP contribution in [0.5, 0.6) is 0 Å². The van der Waals surface area contributed by atoms with E-state index in [0.717, 1.165) is 169 Å². The molecular weight excluding hydrogens is 1770 g/mol. The predicted octanol–water partition coefficient (Wildman–Crippen LogP) is 30.7. The van der Waals surface area contributed by atoms with Crippen LogP contribution in [0.2, 0.25) is 0 Å². The summed E-state index contributed by atoms with van der Waals surface area (Å²) in [6.45, 7) is -0.301. The minimum Gasteiger partial charge on any atom is -0.311 e. The topological polar surface area (TPSA) is 19.4 Å². The molecule has 6 aliphatic rings. The third kappa shape index (κ3) is 13.4. The van der Waals surface area contributed by atoms with Crippen LogP contribution in [-0.2, 0) is 0 Å². The van der Waals surface area contributed by atoms with E-state index in [1.807, 2.05) is 0 Å². The fraction of sp³-hybridized carbons (Fsp3) is 0. The number of hydrogen-bond donors (Lipinski definition) is 0. The summed E-state index contributed by atoms with van der Waals surface area (Å²) < 4.78 is 0. The first-order valence-corrected chi connectivity index (χ1v) is 51.1. The first-order chi connectivity index (χ1) is 72.9. The van der Waals surface area contributed by atoms with Crippen LogP contribution in [0, 0.1) is 0 Å². The Morgan fingerprint density at radius 1 is 0.109 bits per heavy atom. The maximum Gasteiger partial charge on any atom is 0.252 e. The molecule has 680 valence electrons. The highest BCUT2D eigenvalue weighted by molar-refractivity contribution is 7.02. The van der Waals surface area contributed by atoms with Gasteiger partial charge in [0.15, 0.2) is 0 Å². The van der Waals surface area contributed by atoms with Crippen molar-refractivity contribution in [3.8, 4) is 89.0 Å². The molecule has 0 bridgehead atoms. The molecule has 0 unspecified atom stereocenters. The SMILES string of the molecule is c1ccc(-c2cc(-c3cc4c5c(c3)N(c3ccccc3)c3ccc(-c6cccc(-c7cccc(-c8cc9c%10c(c8)N(c8ccccc8)c8ccccc8B%10c8ccccc8N9c8ccccc8)c7)c6)cc3B5c3ccccc3N4c3ccccc3)cc(-c3ccccc3-c3ccc4c(c3)B3c5ccccc5N(c5ccccc5)c5cc(-c6ccc7c8ccccc8c8ccccc8c7c6)cc(c53)N4c3ccccc3)c2)cc1. The summed E-state index contributed by atoms with van der Waals surface area (Å²) in [4.78, 5) is 15.2. The molecule has 9 heteroatoms. The van der Waals surface area contributed by atoms with Gasteiger partial charge in [-0.1, -0.05) is 358 Å². The molecule has 0 radical (unpaired) electrons. The Hall–Kier alpha value is -18.9. The van der Waals surface area contributed by atoms with Crippen LogP contribution in [0.15, 0.2) is 540 Å². The number of rotatable bonds is 14. The van der Waals surface area contributed by atoms with Gasteiger partial charge in [0, 0.05) is 102 Å². The summed E-state index contributed by atoms with van der Waals surface area (Å²) in [6.07, 6.45) is 0. The molecule has 0 amide bonds. The smallest absolute Gasteiger partial charge is 0.252 e. The largest absolute Gasteiger partial charge is 0.311 e. The number of para-hydroxylation sites is 10. The second-order valence-corrected chi connectivity index (χ2v) is 39.6. The second kappa shape index (κ2) is 33.9. The van der Waals surface area contributed by atoms with Crippen LogP contribution in [0.4, 0.5) is 102 Å². The van der Waals surface area contributed by atoms with E-state index >= 15 is 0 Å². The molecule has 6 aliphatic heterocycles. The molecule has 0 aromatic heterocycles. The van der Waals surface area contributed by atoms with E-state index in [1.54, 1.807) is 0 Å². The van der Waals surface area contributed by atoms with E-state index in [-0.39, 0.29) is 20.1 Å². The van der Waals surface area contributed by atoms with Crippen molar-refractivity contribution in [2.75, 3.05) is 29.4 Å². The summed E-state index contributed by atoms with van der Waals surface area (Å²) in [6, 6.07) is 203. The molecule has 0 spiro atoms. The van der Waals surface area contributed by atoms with Crippen LogP contribution in [-0.4, -0.2) is 20.1 Å². The quantitative estimate of drug-likeness (QED) is 0.0793. The van der Waals surface area contributed by atoms with Crippen molar-refractivity contribution in [1.29, 1.82) is 0 Å². The van der Waals surface area contributed by atoms with E-state index < -0.39 is 0 Å². The van der Waals surface area contributed by atoms with Crippen molar-refractivity contribution in [2.45, 2.75) is 0 Å². The number of benzene rings is 24. The van der Waals surface area contributed by atoms with Gasteiger partial charge >= 0.3 is 0 Å². The molecular formula is C138H89B3N6. The molecule has 0 aliphatic carbocycles. The molecule has 6 heterocycles. The first kappa shape index (κ1) is 83.8. The summed E-state index contributed by atoms with van der Waals surface area (Å²) >= 11 is 0. The number of anilines is 18. The van der Waals surface area contributed by atoms with E-state index in [9.17, 15) is 0 Å². The maximum absolute atomic E-state index is 2.56. The Morgan fingerprint density at radius 2 is 0.327 bits per heavy atom. The summed E-state index contributed by atoms with van der Waals surface area (Å²) in [5.41, 5.74) is 50.1. The van der Waals surface area contributed by atoms with Crippen LogP contribution >= 0.6 is 0 Å². The number of hydrogen-bond acceptors (Lipinski definition) is 6. The van der Waals surface area contributed by atoms with Gasteiger partial charge in [-0.15, -0.1) is 0 Å². The minimum atomic E-state index is -0.167. The lowest BCUT2D eigenvalue weighted by molar-refractivity contribution is 1.25. The molecule has 24 aromatic rings. The molecule has 147 heavy (non-hydrogen) atoms. The van der Waals surface area contributed by atoms with Gasteiger partial charge in [-0.05, 0) is 352 Å². The Bertz CT molecular complexity index is 9320. The zero-order valence-corrected chi connectivity index (χ0v) is 80.3. The zero-order valence-electron chi connectivity index (χ0n) is 80.3. The van der Waals surface area contributed by atoms with Gasteiger partial charge in [-0.3, -0.25) is 0 Å². The normalized spacial score (nSPS) is 13.0. The van der Waals surface area contributed by atoms with E-state index in [0.29, 0.717) is 0 Å². The van der Waals surface area contributed by atoms with Crippen molar-refractivity contribution in [3.05, 3.63) is 540 Å². The van der Waals surface area contributed by atoms with Crippen molar-refractivity contribution in [2.24, 2.45) is 0 Å². The van der Waals surface area contributed by atoms with Gasteiger partial charge in [0.2, 0.25) is 0 Å². The highest BCUT2D eigenvalue weighted by Crippen LogP contribution is 2.54. The Labute approximate surface area is 856 Å². The lowest BCUT2D eigenvalue weighted by atomic mass is 9.33. The number of nitrogens with zero attached hydrogens (tertiary/aromatic N) is 6. The number of fused-ring (bicyclic) bond motifs is 18. The van der Waals surface area contributed by atoms with Crippen molar-refractivity contribution in [1.82, 2.24) is 0 Å². The summed E-state index contributed by atoms with van der Waals surface area (Å²) in [7, 11) is 0. The lowest BCUT2D eigenvalue weighted by Gasteiger charge is -2.44. The van der Waals surface area contributed by atoms with Crippen LogP contribution < -0.4 is 78.6 Å². The average molecular weight is 1860 g/mol. The van der Waals surface area contributed by atoms with E-state index in [2.05, 4.69) is 569 Å². The molecule has 0 N–H and O–H groups in total. The van der Waals surface area contributed by atoms with Gasteiger partial charge in [0.25, 0.3) is 20.1 Å². The van der Waals surface area contributed by atoms with Gasteiger partial charge in [-0.2, -0.15) is 0 Å². The maximum atomic E-state index is 2.56. The van der Waals surface area contributed by atoms with Crippen LogP contribution in [0.1, 0.15) is 0 Å². The Morgan fingerprint density at radius 3 is 0.694 bits per heavy atom. The van der Waals surface area contributed by atoms with Crippen LogP contribution in [0.25, 0.3) is 121 Å². The van der Waals surface area contributed by atoms with E-state index in [4.69, 9.17) is 0 Å². The minimum absolute atomic E-state index is 0.0160. The third-order valence-corrected chi connectivity index (χ3v) is 31.6.